The lowest BCUT2D eigenvalue weighted by atomic mass is 10.1. The van der Waals surface area contributed by atoms with Crippen molar-refractivity contribution >= 4 is 5.91 Å². The van der Waals surface area contributed by atoms with Crippen LogP contribution in [0.15, 0.2) is 11.6 Å². The number of carbonyl (C=O) groups excluding carboxylic acids is 1. The Morgan fingerprint density at radius 3 is 2.92 bits per heavy atom. The van der Waals surface area contributed by atoms with Crippen LogP contribution in [0, 0.1) is 0 Å². The molecule has 1 N–H and O–H groups in total. The third kappa shape index (κ3) is 2.08. The molecule has 68 valence electrons. The fourth-order valence-corrected chi connectivity index (χ4v) is 1.36. The summed E-state index contributed by atoms with van der Waals surface area (Å²) in [6, 6.07) is 0. The standard InChI is InChI=1S/C9H15NO2/c1-7-4-3-5-10(6-7)9(12)8(2)11/h4,8,11H,3,5-6H2,1-2H3/t8-/m0/s1. The van der Waals surface area contributed by atoms with E-state index < -0.39 is 6.10 Å². The minimum absolute atomic E-state index is 0.164. The maximum atomic E-state index is 11.3. The number of carbonyl (C=O) groups is 1. The molecule has 0 unspecified atom stereocenters. The second-order valence-electron chi connectivity index (χ2n) is 3.27. The smallest absolute Gasteiger partial charge is 0.251 e. The van der Waals surface area contributed by atoms with Gasteiger partial charge < -0.3 is 10.0 Å². The molecule has 0 aromatic carbocycles. The number of amides is 1. The van der Waals surface area contributed by atoms with Gasteiger partial charge in [-0.25, -0.2) is 0 Å². The highest BCUT2D eigenvalue weighted by atomic mass is 16.3. The van der Waals surface area contributed by atoms with E-state index >= 15 is 0 Å². The third-order valence-electron chi connectivity index (χ3n) is 2.00. The molecule has 0 radical (unpaired) electrons. The monoisotopic (exact) mass is 169 g/mol. The molecular formula is C9H15NO2. The zero-order valence-electron chi connectivity index (χ0n) is 7.58. The Balaban J connectivity index is 2.55. The van der Waals surface area contributed by atoms with E-state index in [-0.39, 0.29) is 5.91 Å². The molecular weight excluding hydrogens is 154 g/mol. The molecule has 1 aliphatic heterocycles. The van der Waals surface area contributed by atoms with E-state index in [2.05, 4.69) is 6.08 Å². The molecule has 1 atom stereocenters. The van der Waals surface area contributed by atoms with Crippen LogP contribution in [0.4, 0.5) is 0 Å². The van der Waals surface area contributed by atoms with E-state index in [9.17, 15) is 4.79 Å². The highest BCUT2D eigenvalue weighted by Gasteiger charge is 2.19. The van der Waals surface area contributed by atoms with Crippen LogP contribution in [0.5, 0.6) is 0 Å². The van der Waals surface area contributed by atoms with Crippen molar-refractivity contribution in [1.82, 2.24) is 4.90 Å². The van der Waals surface area contributed by atoms with Gasteiger partial charge in [0.05, 0.1) is 0 Å². The molecule has 0 spiro atoms. The molecule has 0 aromatic rings. The summed E-state index contributed by atoms with van der Waals surface area (Å²) in [6.45, 7) is 4.92. The minimum atomic E-state index is -0.865. The molecule has 0 aromatic heterocycles. The van der Waals surface area contributed by atoms with Gasteiger partial charge in [-0.1, -0.05) is 11.6 Å². The summed E-state index contributed by atoms with van der Waals surface area (Å²) in [7, 11) is 0. The largest absolute Gasteiger partial charge is 0.384 e. The van der Waals surface area contributed by atoms with Crippen molar-refractivity contribution in [3.63, 3.8) is 0 Å². The van der Waals surface area contributed by atoms with Crippen LogP contribution < -0.4 is 0 Å². The lowest BCUT2D eigenvalue weighted by Gasteiger charge is -2.27. The molecule has 3 heteroatoms. The molecule has 0 saturated carbocycles. The van der Waals surface area contributed by atoms with Gasteiger partial charge in [0, 0.05) is 13.1 Å². The van der Waals surface area contributed by atoms with Gasteiger partial charge in [0.25, 0.3) is 5.91 Å². The number of nitrogens with zero attached hydrogens (tertiary/aromatic N) is 1. The SMILES string of the molecule is CC1=CCCN(C(=O)[C@H](C)O)C1. The first-order valence-corrected chi connectivity index (χ1v) is 4.23. The van der Waals surface area contributed by atoms with Crippen LogP contribution >= 0.6 is 0 Å². The molecule has 12 heavy (non-hydrogen) atoms. The normalized spacial score (nSPS) is 20.2. The molecule has 1 amide bonds. The number of hydrogen-bond donors (Lipinski definition) is 1. The van der Waals surface area contributed by atoms with Gasteiger partial charge in [-0.05, 0) is 20.3 Å². The highest BCUT2D eigenvalue weighted by molar-refractivity contribution is 5.80. The summed E-state index contributed by atoms with van der Waals surface area (Å²) in [5.41, 5.74) is 1.20. The average molecular weight is 169 g/mol. The summed E-state index contributed by atoms with van der Waals surface area (Å²) in [4.78, 5) is 13.0. The molecule has 0 fully saturated rings. The van der Waals surface area contributed by atoms with Crippen LogP contribution in [-0.2, 0) is 4.79 Å². The Kier molecular flexibility index (Phi) is 2.87. The van der Waals surface area contributed by atoms with Crippen molar-refractivity contribution < 1.29 is 9.90 Å². The predicted octanol–water partition coefficient (Wildman–Crippen LogP) is 0.546. The number of hydrogen-bond acceptors (Lipinski definition) is 2. The van der Waals surface area contributed by atoms with Gasteiger partial charge in [0.1, 0.15) is 6.10 Å². The van der Waals surface area contributed by atoms with Crippen LogP contribution in [0.25, 0.3) is 0 Å². The van der Waals surface area contributed by atoms with Gasteiger partial charge >= 0.3 is 0 Å². The zero-order valence-corrected chi connectivity index (χ0v) is 7.58. The van der Waals surface area contributed by atoms with E-state index in [4.69, 9.17) is 5.11 Å². The number of rotatable bonds is 1. The summed E-state index contributed by atoms with van der Waals surface area (Å²) in [6.07, 6.45) is 2.17. The van der Waals surface area contributed by atoms with Crippen molar-refractivity contribution in [3.05, 3.63) is 11.6 Å². The zero-order chi connectivity index (χ0) is 9.14. The lowest BCUT2D eigenvalue weighted by molar-refractivity contribution is -0.139. The van der Waals surface area contributed by atoms with Crippen LogP contribution in [0.3, 0.4) is 0 Å². The molecule has 0 bridgehead atoms. The second kappa shape index (κ2) is 3.72. The molecule has 1 heterocycles. The lowest BCUT2D eigenvalue weighted by Crippen LogP contribution is -2.40. The average Bonchev–Trinajstić information content (AvgIpc) is 2.03. The van der Waals surface area contributed by atoms with Crippen molar-refractivity contribution in [2.24, 2.45) is 0 Å². The van der Waals surface area contributed by atoms with Crippen molar-refractivity contribution in [2.45, 2.75) is 26.4 Å². The quantitative estimate of drug-likeness (QED) is 0.582. The van der Waals surface area contributed by atoms with Gasteiger partial charge in [-0.2, -0.15) is 0 Å². The van der Waals surface area contributed by atoms with E-state index in [0.29, 0.717) is 6.54 Å². The summed E-state index contributed by atoms with van der Waals surface area (Å²) < 4.78 is 0. The first-order chi connectivity index (χ1) is 5.61. The maximum Gasteiger partial charge on any atom is 0.251 e. The molecule has 3 nitrogen and oxygen atoms in total. The topological polar surface area (TPSA) is 40.5 Å². The summed E-state index contributed by atoms with van der Waals surface area (Å²) >= 11 is 0. The maximum absolute atomic E-state index is 11.3. The van der Waals surface area contributed by atoms with Gasteiger partial charge in [0.2, 0.25) is 0 Å². The fraction of sp³-hybridized carbons (Fsp3) is 0.667. The Morgan fingerprint density at radius 2 is 2.42 bits per heavy atom. The fourth-order valence-electron chi connectivity index (χ4n) is 1.36. The highest BCUT2D eigenvalue weighted by Crippen LogP contribution is 2.09. The first kappa shape index (κ1) is 9.26. The van der Waals surface area contributed by atoms with Gasteiger partial charge in [-0.3, -0.25) is 4.79 Å². The summed E-state index contributed by atoms with van der Waals surface area (Å²) in [5, 5.41) is 9.05. The van der Waals surface area contributed by atoms with Crippen molar-refractivity contribution in [1.29, 1.82) is 0 Å². The molecule has 0 aliphatic carbocycles. The minimum Gasteiger partial charge on any atom is -0.384 e. The summed E-state index contributed by atoms with van der Waals surface area (Å²) in [5.74, 6) is -0.164. The predicted molar refractivity (Wildman–Crippen MR) is 46.6 cm³/mol. The van der Waals surface area contributed by atoms with Crippen molar-refractivity contribution in [3.8, 4) is 0 Å². The second-order valence-corrected chi connectivity index (χ2v) is 3.27. The van der Waals surface area contributed by atoms with E-state index in [0.717, 1.165) is 13.0 Å². The Labute approximate surface area is 72.7 Å². The van der Waals surface area contributed by atoms with Gasteiger partial charge in [0.15, 0.2) is 0 Å². The molecule has 1 rings (SSSR count). The van der Waals surface area contributed by atoms with E-state index in [1.807, 2.05) is 6.92 Å². The number of aliphatic hydroxyl groups excluding tert-OH is 1. The van der Waals surface area contributed by atoms with Crippen LogP contribution in [0.1, 0.15) is 20.3 Å². The van der Waals surface area contributed by atoms with E-state index in [1.165, 1.54) is 12.5 Å². The van der Waals surface area contributed by atoms with Crippen LogP contribution in [-0.4, -0.2) is 35.1 Å². The Hall–Kier alpha value is -0.830. The van der Waals surface area contributed by atoms with E-state index in [1.54, 1.807) is 4.90 Å². The Morgan fingerprint density at radius 1 is 1.75 bits per heavy atom. The number of aliphatic hydroxyl groups is 1. The molecule has 0 saturated heterocycles. The van der Waals surface area contributed by atoms with Crippen LogP contribution in [0.2, 0.25) is 0 Å². The van der Waals surface area contributed by atoms with Crippen molar-refractivity contribution in [2.75, 3.05) is 13.1 Å². The Bertz CT molecular complexity index is 209. The first-order valence-electron chi connectivity index (χ1n) is 4.23. The third-order valence-corrected chi connectivity index (χ3v) is 2.00. The molecule has 1 aliphatic rings. The van der Waals surface area contributed by atoms with Gasteiger partial charge in [-0.15, -0.1) is 0 Å².